The van der Waals surface area contributed by atoms with Gasteiger partial charge in [0.15, 0.2) is 0 Å². The predicted octanol–water partition coefficient (Wildman–Crippen LogP) is 2.57. The van der Waals surface area contributed by atoms with Gasteiger partial charge in [-0.15, -0.1) is 0 Å². The smallest absolute Gasteiger partial charge is 0.326 e. The number of rotatable bonds is 11. The van der Waals surface area contributed by atoms with Gasteiger partial charge < -0.3 is 15.0 Å². The maximum Gasteiger partial charge on any atom is 0.326 e. The SMILES string of the molecule is CCCNC(C)(CCCN(CC)C1CC1)C(=O)OCC. The molecule has 0 saturated heterocycles. The second kappa shape index (κ2) is 8.63. The summed E-state index contributed by atoms with van der Waals surface area (Å²) in [4.78, 5) is 14.7. The van der Waals surface area contributed by atoms with E-state index >= 15 is 0 Å². The molecule has 0 amide bonds. The van der Waals surface area contributed by atoms with Crippen molar-refractivity contribution in [1.29, 1.82) is 0 Å². The predicted molar refractivity (Wildman–Crippen MR) is 82.8 cm³/mol. The lowest BCUT2D eigenvalue weighted by molar-refractivity contribution is -0.150. The number of hydrogen-bond donors (Lipinski definition) is 1. The molecule has 0 bridgehead atoms. The molecule has 0 aromatic carbocycles. The summed E-state index contributed by atoms with van der Waals surface area (Å²) in [6.45, 7) is 11.7. The molecular weight excluding hydrogens is 252 g/mol. The molecule has 1 rings (SSSR count). The van der Waals surface area contributed by atoms with E-state index in [0.717, 1.165) is 44.9 Å². The first-order chi connectivity index (χ1) is 9.57. The Morgan fingerprint density at radius 3 is 2.55 bits per heavy atom. The van der Waals surface area contributed by atoms with E-state index in [1.165, 1.54) is 12.8 Å². The molecule has 0 heterocycles. The zero-order valence-electron chi connectivity index (χ0n) is 13.7. The number of hydrogen-bond acceptors (Lipinski definition) is 4. The number of carbonyl (C=O) groups excluding carboxylic acids is 1. The highest BCUT2D eigenvalue weighted by Gasteiger charge is 2.34. The van der Waals surface area contributed by atoms with Gasteiger partial charge in [0.1, 0.15) is 5.54 Å². The molecule has 1 aliphatic rings. The van der Waals surface area contributed by atoms with Crippen molar-refractivity contribution < 1.29 is 9.53 Å². The van der Waals surface area contributed by atoms with Gasteiger partial charge in [-0.2, -0.15) is 0 Å². The van der Waals surface area contributed by atoms with Crippen molar-refractivity contribution in [3.05, 3.63) is 0 Å². The van der Waals surface area contributed by atoms with Crippen LogP contribution in [0.3, 0.4) is 0 Å². The zero-order chi connectivity index (χ0) is 15.0. The average molecular weight is 284 g/mol. The van der Waals surface area contributed by atoms with Crippen LogP contribution in [0.1, 0.15) is 59.8 Å². The van der Waals surface area contributed by atoms with Crippen molar-refractivity contribution in [1.82, 2.24) is 10.2 Å². The minimum absolute atomic E-state index is 0.108. The summed E-state index contributed by atoms with van der Waals surface area (Å²) in [5.74, 6) is -0.108. The molecule has 0 aliphatic heterocycles. The first-order valence-electron chi connectivity index (χ1n) is 8.23. The molecular formula is C16H32N2O2. The highest BCUT2D eigenvalue weighted by molar-refractivity contribution is 5.80. The van der Waals surface area contributed by atoms with Crippen molar-refractivity contribution in [2.24, 2.45) is 0 Å². The van der Waals surface area contributed by atoms with E-state index in [9.17, 15) is 4.79 Å². The lowest BCUT2D eigenvalue weighted by atomic mass is 9.95. The maximum atomic E-state index is 12.2. The Bertz CT molecular complexity index is 292. The fourth-order valence-corrected chi connectivity index (χ4v) is 2.63. The van der Waals surface area contributed by atoms with Gasteiger partial charge in [-0.25, -0.2) is 0 Å². The van der Waals surface area contributed by atoms with E-state index in [2.05, 4.69) is 24.1 Å². The van der Waals surface area contributed by atoms with Crippen LogP contribution in [0, 0.1) is 0 Å². The Kier molecular flexibility index (Phi) is 7.52. The van der Waals surface area contributed by atoms with E-state index in [0.29, 0.717) is 6.61 Å². The van der Waals surface area contributed by atoms with Gasteiger partial charge in [-0.05, 0) is 65.6 Å². The topological polar surface area (TPSA) is 41.6 Å². The van der Waals surface area contributed by atoms with Gasteiger partial charge in [-0.3, -0.25) is 4.79 Å². The Labute approximate surface area is 124 Å². The minimum atomic E-state index is -0.533. The standard InChI is InChI=1S/C16H32N2O2/c1-5-12-17-16(4,15(19)20-7-3)11-8-13-18(6-2)14-9-10-14/h14,17H,5-13H2,1-4H3. The first-order valence-corrected chi connectivity index (χ1v) is 8.23. The Hall–Kier alpha value is -0.610. The zero-order valence-corrected chi connectivity index (χ0v) is 13.7. The van der Waals surface area contributed by atoms with Crippen LogP contribution in [0.15, 0.2) is 0 Å². The van der Waals surface area contributed by atoms with Crippen LogP contribution in [0.2, 0.25) is 0 Å². The third-order valence-corrected chi connectivity index (χ3v) is 4.08. The molecule has 1 N–H and O–H groups in total. The molecule has 4 nitrogen and oxygen atoms in total. The van der Waals surface area contributed by atoms with Crippen LogP contribution in [-0.4, -0.2) is 48.7 Å². The van der Waals surface area contributed by atoms with Gasteiger partial charge in [0, 0.05) is 6.04 Å². The molecule has 1 unspecified atom stereocenters. The van der Waals surface area contributed by atoms with Crippen molar-refractivity contribution in [2.75, 3.05) is 26.2 Å². The van der Waals surface area contributed by atoms with Gasteiger partial charge in [-0.1, -0.05) is 13.8 Å². The molecule has 4 heteroatoms. The number of esters is 1. The second-order valence-electron chi connectivity index (χ2n) is 5.94. The molecule has 1 atom stereocenters. The third-order valence-electron chi connectivity index (χ3n) is 4.08. The van der Waals surface area contributed by atoms with Crippen molar-refractivity contribution in [3.63, 3.8) is 0 Å². The summed E-state index contributed by atoms with van der Waals surface area (Å²) in [5.41, 5.74) is -0.533. The molecule has 0 aromatic heterocycles. The van der Waals surface area contributed by atoms with Gasteiger partial charge >= 0.3 is 5.97 Å². The summed E-state index contributed by atoms with van der Waals surface area (Å²) >= 11 is 0. The Morgan fingerprint density at radius 1 is 1.35 bits per heavy atom. The number of nitrogens with zero attached hydrogens (tertiary/aromatic N) is 1. The second-order valence-corrected chi connectivity index (χ2v) is 5.94. The molecule has 118 valence electrons. The van der Waals surface area contributed by atoms with Crippen LogP contribution >= 0.6 is 0 Å². The Balaban J connectivity index is 2.44. The van der Waals surface area contributed by atoms with E-state index in [1.54, 1.807) is 0 Å². The Morgan fingerprint density at radius 2 is 2.05 bits per heavy atom. The summed E-state index contributed by atoms with van der Waals surface area (Å²) in [6, 6.07) is 0.803. The summed E-state index contributed by atoms with van der Waals surface area (Å²) in [5, 5.41) is 3.37. The first kappa shape index (κ1) is 17.4. The van der Waals surface area contributed by atoms with Crippen LogP contribution in [-0.2, 0) is 9.53 Å². The lowest BCUT2D eigenvalue weighted by Crippen LogP contribution is -2.51. The average Bonchev–Trinajstić information content (AvgIpc) is 3.26. The molecule has 1 fully saturated rings. The van der Waals surface area contributed by atoms with Crippen LogP contribution in [0.25, 0.3) is 0 Å². The molecule has 1 saturated carbocycles. The third kappa shape index (κ3) is 5.41. The van der Waals surface area contributed by atoms with Crippen molar-refractivity contribution >= 4 is 5.97 Å². The van der Waals surface area contributed by atoms with Crippen LogP contribution in [0.5, 0.6) is 0 Å². The van der Waals surface area contributed by atoms with E-state index in [1.807, 2.05) is 13.8 Å². The number of ether oxygens (including phenoxy) is 1. The number of carbonyl (C=O) groups is 1. The minimum Gasteiger partial charge on any atom is -0.465 e. The monoisotopic (exact) mass is 284 g/mol. The molecule has 0 radical (unpaired) electrons. The van der Waals surface area contributed by atoms with E-state index in [4.69, 9.17) is 4.74 Å². The number of nitrogens with one attached hydrogen (secondary N) is 1. The summed E-state index contributed by atoms with van der Waals surface area (Å²) in [6.07, 6.45) is 5.59. The fourth-order valence-electron chi connectivity index (χ4n) is 2.63. The fraction of sp³-hybridized carbons (Fsp3) is 0.938. The van der Waals surface area contributed by atoms with Crippen molar-refractivity contribution in [2.45, 2.75) is 71.4 Å². The van der Waals surface area contributed by atoms with Crippen molar-refractivity contribution in [3.8, 4) is 0 Å². The van der Waals surface area contributed by atoms with E-state index in [-0.39, 0.29) is 5.97 Å². The molecule has 0 aromatic rings. The van der Waals surface area contributed by atoms with Gasteiger partial charge in [0.25, 0.3) is 0 Å². The van der Waals surface area contributed by atoms with Gasteiger partial charge in [0.2, 0.25) is 0 Å². The maximum absolute atomic E-state index is 12.2. The molecule has 20 heavy (non-hydrogen) atoms. The van der Waals surface area contributed by atoms with Crippen LogP contribution in [0.4, 0.5) is 0 Å². The summed E-state index contributed by atoms with van der Waals surface area (Å²) < 4.78 is 5.23. The molecule has 1 aliphatic carbocycles. The lowest BCUT2D eigenvalue weighted by Gasteiger charge is -2.30. The summed E-state index contributed by atoms with van der Waals surface area (Å²) in [7, 11) is 0. The largest absolute Gasteiger partial charge is 0.465 e. The van der Waals surface area contributed by atoms with Gasteiger partial charge in [0.05, 0.1) is 6.61 Å². The van der Waals surface area contributed by atoms with Crippen LogP contribution < -0.4 is 5.32 Å². The van der Waals surface area contributed by atoms with E-state index < -0.39 is 5.54 Å². The molecule has 0 spiro atoms. The highest BCUT2D eigenvalue weighted by Crippen LogP contribution is 2.27. The normalized spacial score (nSPS) is 18.1. The highest BCUT2D eigenvalue weighted by atomic mass is 16.5. The quantitative estimate of drug-likeness (QED) is 0.592.